The molecule has 0 aliphatic heterocycles. The van der Waals surface area contributed by atoms with Gasteiger partial charge in [-0.1, -0.05) is 63.0 Å². The predicted octanol–water partition coefficient (Wildman–Crippen LogP) is 3.63. The van der Waals surface area contributed by atoms with Crippen molar-refractivity contribution in [1.82, 2.24) is 0 Å². The molecule has 1 aromatic heterocycles. The van der Waals surface area contributed by atoms with Crippen LogP contribution in [0.4, 0.5) is 0 Å². The van der Waals surface area contributed by atoms with Crippen molar-refractivity contribution >= 4 is 26.8 Å². The number of hydrogen-bond acceptors (Lipinski definition) is 2. The average molecular weight is 409 g/mol. The highest BCUT2D eigenvalue weighted by Crippen LogP contribution is 2.23. The standard InChI is InChI=1S/C21H15BrN2O2/c22-16-12-10-15(11-13-16)14-23-19-9-5-4-8-18(19)20(25)24(21(23)26)17-6-2-1-3-7-17/h1-13H,14H2/p+2. The highest BCUT2D eigenvalue weighted by Gasteiger charge is 2.35. The van der Waals surface area contributed by atoms with E-state index in [1.165, 1.54) is 4.57 Å². The summed E-state index contributed by atoms with van der Waals surface area (Å²) in [5.41, 5.74) is 2.50. The molecule has 0 spiro atoms. The fraction of sp³-hybridized carbons (Fsp3) is 0.0476. The zero-order chi connectivity index (χ0) is 18.1. The quantitative estimate of drug-likeness (QED) is 0.508. The van der Waals surface area contributed by atoms with Crippen molar-refractivity contribution in [3.05, 3.63) is 88.9 Å². The molecule has 3 aromatic carbocycles. The molecule has 1 heterocycles. The van der Waals surface area contributed by atoms with Gasteiger partial charge >= 0.3 is 11.9 Å². The lowest BCUT2D eigenvalue weighted by atomic mass is 10.2. The number of para-hydroxylation sites is 2. The molecule has 0 saturated heterocycles. The van der Waals surface area contributed by atoms with Crippen LogP contribution in [0.5, 0.6) is 11.9 Å². The minimum absolute atomic E-state index is 0.0105. The highest BCUT2D eigenvalue weighted by molar-refractivity contribution is 9.10. The van der Waals surface area contributed by atoms with Crippen molar-refractivity contribution in [2.24, 2.45) is 0 Å². The highest BCUT2D eigenvalue weighted by atomic mass is 79.9. The van der Waals surface area contributed by atoms with Gasteiger partial charge in [-0.25, -0.2) is 0 Å². The van der Waals surface area contributed by atoms with Crippen LogP contribution in [0.25, 0.3) is 16.6 Å². The molecule has 0 atom stereocenters. The molecule has 4 aromatic rings. The molecular weight excluding hydrogens is 392 g/mol. The summed E-state index contributed by atoms with van der Waals surface area (Å²) in [6, 6.07) is 24.8. The summed E-state index contributed by atoms with van der Waals surface area (Å²) in [7, 11) is 0. The van der Waals surface area contributed by atoms with E-state index in [1.54, 1.807) is 4.57 Å². The number of aromatic hydroxyl groups is 2. The number of rotatable bonds is 3. The summed E-state index contributed by atoms with van der Waals surface area (Å²) in [4.78, 5) is 0. The zero-order valence-electron chi connectivity index (χ0n) is 13.9. The van der Waals surface area contributed by atoms with Crippen LogP contribution in [0.1, 0.15) is 5.56 Å². The first-order valence-electron chi connectivity index (χ1n) is 8.23. The van der Waals surface area contributed by atoms with Crippen LogP contribution in [0.15, 0.2) is 83.3 Å². The first-order chi connectivity index (χ1) is 12.6. The van der Waals surface area contributed by atoms with Crippen molar-refractivity contribution < 1.29 is 19.3 Å². The SMILES string of the molecule is Oc1c2ccccc2[n+](Cc2ccc(Br)cc2)c(O)[n+]1-c1ccccc1. The van der Waals surface area contributed by atoms with E-state index < -0.39 is 0 Å². The topological polar surface area (TPSA) is 48.2 Å². The molecule has 0 unspecified atom stereocenters. The molecule has 0 amide bonds. The Balaban J connectivity index is 1.97. The van der Waals surface area contributed by atoms with Crippen molar-refractivity contribution in [2.45, 2.75) is 6.54 Å². The van der Waals surface area contributed by atoms with Gasteiger partial charge in [0, 0.05) is 28.2 Å². The van der Waals surface area contributed by atoms with E-state index in [2.05, 4.69) is 15.9 Å². The fourth-order valence-electron chi connectivity index (χ4n) is 3.08. The Labute approximate surface area is 159 Å². The molecule has 4 rings (SSSR count). The average Bonchev–Trinajstić information content (AvgIpc) is 2.68. The minimum atomic E-state index is -0.0321. The second-order valence-corrected chi connectivity index (χ2v) is 6.94. The van der Waals surface area contributed by atoms with E-state index in [0.717, 1.165) is 15.6 Å². The molecule has 0 bridgehead atoms. The Kier molecular flexibility index (Phi) is 4.31. The summed E-state index contributed by atoms with van der Waals surface area (Å²) in [5.74, 6) is 0.0105. The molecule has 26 heavy (non-hydrogen) atoms. The monoisotopic (exact) mass is 408 g/mol. The Morgan fingerprint density at radius 1 is 0.769 bits per heavy atom. The number of halogens is 1. The van der Waals surface area contributed by atoms with Gasteiger partial charge in [0.2, 0.25) is 11.2 Å². The Hall–Kier alpha value is -2.92. The summed E-state index contributed by atoms with van der Waals surface area (Å²) in [6.45, 7) is 0.479. The number of aromatic nitrogens is 2. The van der Waals surface area contributed by atoms with E-state index in [-0.39, 0.29) is 11.9 Å². The van der Waals surface area contributed by atoms with Gasteiger partial charge in [0.15, 0.2) is 11.9 Å². The third kappa shape index (κ3) is 2.91. The number of benzene rings is 3. The summed E-state index contributed by atoms with van der Waals surface area (Å²) < 4.78 is 4.26. The van der Waals surface area contributed by atoms with Gasteiger partial charge in [-0.3, -0.25) is 0 Å². The smallest absolute Gasteiger partial charge is 0.459 e. The van der Waals surface area contributed by atoms with Gasteiger partial charge in [-0.05, 0) is 22.8 Å². The maximum Gasteiger partial charge on any atom is 0.638 e. The van der Waals surface area contributed by atoms with Crippen molar-refractivity contribution in [1.29, 1.82) is 0 Å². The van der Waals surface area contributed by atoms with E-state index in [1.807, 2.05) is 78.9 Å². The fourth-order valence-corrected chi connectivity index (χ4v) is 3.35. The summed E-state index contributed by atoms with van der Waals surface area (Å²) in [5, 5.41) is 22.5. The van der Waals surface area contributed by atoms with Crippen LogP contribution in [-0.2, 0) is 6.54 Å². The lowest BCUT2D eigenvalue weighted by molar-refractivity contribution is -0.776. The molecule has 0 radical (unpaired) electrons. The van der Waals surface area contributed by atoms with Gasteiger partial charge < -0.3 is 10.2 Å². The predicted molar refractivity (Wildman–Crippen MR) is 102 cm³/mol. The van der Waals surface area contributed by atoms with Crippen molar-refractivity contribution in [2.75, 3.05) is 0 Å². The molecular formula is C21H17BrN2O2+2. The number of fused-ring (bicyclic) bond motifs is 1. The summed E-state index contributed by atoms with van der Waals surface area (Å²) >= 11 is 3.44. The molecule has 2 N–H and O–H groups in total. The second-order valence-electron chi connectivity index (χ2n) is 6.02. The van der Waals surface area contributed by atoms with Crippen LogP contribution >= 0.6 is 15.9 Å². The first kappa shape index (κ1) is 16.5. The Bertz CT molecular complexity index is 1080. The molecule has 5 heteroatoms. The van der Waals surface area contributed by atoms with Gasteiger partial charge in [0.05, 0.1) is 0 Å². The van der Waals surface area contributed by atoms with Gasteiger partial charge in [-0.15, -0.1) is 0 Å². The van der Waals surface area contributed by atoms with E-state index in [9.17, 15) is 10.2 Å². The van der Waals surface area contributed by atoms with Crippen LogP contribution in [0, 0.1) is 0 Å². The van der Waals surface area contributed by atoms with Crippen LogP contribution in [0.3, 0.4) is 0 Å². The lowest BCUT2D eigenvalue weighted by Gasteiger charge is -2.05. The lowest BCUT2D eigenvalue weighted by Crippen LogP contribution is -2.47. The van der Waals surface area contributed by atoms with Gasteiger partial charge in [0.25, 0.3) is 0 Å². The maximum absolute atomic E-state index is 11.0. The molecule has 0 aliphatic carbocycles. The molecule has 0 saturated carbocycles. The zero-order valence-corrected chi connectivity index (χ0v) is 15.5. The van der Waals surface area contributed by atoms with Crippen molar-refractivity contribution in [3.63, 3.8) is 0 Å². The van der Waals surface area contributed by atoms with Crippen LogP contribution < -0.4 is 9.13 Å². The maximum atomic E-state index is 11.0. The number of hydrogen-bond donors (Lipinski definition) is 2. The van der Waals surface area contributed by atoms with Crippen LogP contribution in [0.2, 0.25) is 0 Å². The largest absolute Gasteiger partial charge is 0.638 e. The van der Waals surface area contributed by atoms with Crippen LogP contribution in [-0.4, -0.2) is 10.2 Å². The second kappa shape index (κ2) is 6.77. The Morgan fingerprint density at radius 3 is 2.15 bits per heavy atom. The minimum Gasteiger partial charge on any atom is -0.459 e. The van der Waals surface area contributed by atoms with Gasteiger partial charge in [0.1, 0.15) is 0 Å². The molecule has 0 fully saturated rings. The molecule has 4 nitrogen and oxygen atoms in total. The third-order valence-electron chi connectivity index (χ3n) is 4.36. The third-order valence-corrected chi connectivity index (χ3v) is 4.89. The molecule has 0 aliphatic rings. The van der Waals surface area contributed by atoms with E-state index >= 15 is 0 Å². The normalized spacial score (nSPS) is 11.0. The van der Waals surface area contributed by atoms with E-state index in [0.29, 0.717) is 17.6 Å². The molecule has 128 valence electrons. The van der Waals surface area contributed by atoms with Gasteiger partial charge in [-0.2, -0.15) is 0 Å². The summed E-state index contributed by atoms with van der Waals surface area (Å²) in [6.07, 6.45) is 0. The Morgan fingerprint density at radius 2 is 1.42 bits per heavy atom. The number of nitrogens with zero attached hydrogens (tertiary/aromatic N) is 2. The van der Waals surface area contributed by atoms with Crippen molar-refractivity contribution in [3.8, 4) is 17.6 Å². The van der Waals surface area contributed by atoms with E-state index in [4.69, 9.17) is 0 Å². The first-order valence-corrected chi connectivity index (χ1v) is 9.03.